The van der Waals surface area contributed by atoms with E-state index in [0.717, 1.165) is 22.2 Å². The van der Waals surface area contributed by atoms with Gasteiger partial charge in [0.1, 0.15) is 0 Å². The predicted molar refractivity (Wildman–Crippen MR) is 94.0 cm³/mol. The van der Waals surface area contributed by atoms with Crippen LogP contribution in [0.3, 0.4) is 0 Å². The highest BCUT2D eigenvalue weighted by Gasteiger charge is 2.42. The summed E-state index contributed by atoms with van der Waals surface area (Å²) >= 11 is 0. The first-order valence-corrected chi connectivity index (χ1v) is 8.10. The molecule has 0 amide bonds. The van der Waals surface area contributed by atoms with E-state index in [9.17, 15) is 0 Å². The van der Waals surface area contributed by atoms with Gasteiger partial charge in [0.15, 0.2) is 0 Å². The van der Waals surface area contributed by atoms with Crippen LogP contribution in [0.25, 0.3) is 10.8 Å². The fourth-order valence-corrected chi connectivity index (χ4v) is 4.20. The van der Waals surface area contributed by atoms with Gasteiger partial charge < -0.3 is 4.42 Å². The summed E-state index contributed by atoms with van der Waals surface area (Å²) in [6, 6.07) is 4.50. The second-order valence-electron chi connectivity index (χ2n) is 6.41. The lowest BCUT2D eigenvalue weighted by Crippen LogP contribution is -2.28. The minimum Gasteiger partial charge on any atom is -0.471 e. The van der Waals surface area contributed by atoms with Crippen molar-refractivity contribution in [1.82, 2.24) is 9.97 Å². The number of aromatic nitrogens is 2. The Balaban J connectivity index is 1.85. The molecule has 0 saturated heterocycles. The fraction of sp³-hybridized carbons (Fsp3) is 0.143. The normalized spacial score (nSPS) is 21.4. The minimum atomic E-state index is 0.129. The Morgan fingerprint density at radius 3 is 2.29 bits per heavy atom. The highest BCUT2D eigenvalue weighted by molar-refractivity contribution is 5.85. The third-order valence-corrected chi connectivity index (χ3v) is 5.22. The van der Waals surface area contributed by atoms with Gasteiger partial charge in [-0.3, -0.25) is 9.97 Å². The summed E-state index contributed by atoms with van der Waals surface area (Å²) in [5.74, 6) is 0.293. The first-order chi connectivity index (χ1) is 11.8. The summed E-state index contributed by atoms with van der Waals surface area (Å²) < 4.78 is 5.40. The molecule has 2 bridgehead atoms. The molecule has 2 aromatic heterocycles. The number of nitrogens with zero attached hydrogens (tertiary/aromatic N) is 2. The Kier molecular flexibility index (Phi) is 2.69. The van der Waals surface area contributed by atoms with Crippen LogP contribution in [0.4, 0.5) is 0 Å². The van der Waals surface area contributed by atoms with Crippen LogP contribution in [0.2, 0.25) is 0 Å². The molecule has 1 aromatic carbocycles. The Morgan fingerprint density at radius 1 is 1.00 bits per heavy atom. The molecular formula is C21H16N2O. The standard InChI is InChI=1S/C21H16N2O/c1-3-4-5-15-12(2)18-16-8-13-10-24-11-14(13)9-17(16)19(15)21-20(18)22-6-7-23-21/h3-11,18-19H,1H2,2H3/b5-4-. The largest absolute Gasteiger partial charge is 0.471 e. The second-order valence-corrected chi connectivity index (χ2v) is 6.41. The van der Waals surface area contributed by atoms with Gasteiger partial charge in [0, 0.05) is 29.1 Å². The fourth-order valence-electron chi connectivity index (χ4n) is 4.20. The Hall–Kier alpha value is -2.94. The molecule has 3 heteroatoms. The summed E-state index contributed by atoms with van der Waals surface area (Å²) in [7, 11) is 0. The molecule has 2 heterocycles. The van der Waals surface area contributed by atoms with Gasteiger partial charge in [0.25, 0.3) is 0 Å². The summed E-state index contributed by atoms with van der Waals surface area (Å²) in [6.07, 6.45) is 13.2. The number of benzene rings is 1. The molecule has 2 unspecified atom stereocenters. The summed E-state index contributed by atoms with van der Waals surface area (Å²) in [6.45, 7) is 6.01. The van der Waals surface area contributed by atoms with E-state index in [1.807, 2.05) is 24.7 Å². The molecule has 2 atom stereocenters. The average molecular weight is 312 g/mol. The quantitative estimate of drug-likeness (QED) is 0.634. The third kappa shape index (κ3) is 1.61. The summed E-state index contributed by atoms with van der Waals surface area (Å²) in [4.78, 5) is 9.35. The number of rotatable bonds is 2. The molecule has 24 heavy (non-hydrogen) atoms. The lowest BCUT2D eigenvalue weighted by atomic mass is 9.64. The van der Waals surface area contributed by atoms with E-state index < -0.39 is 0 Å². The number of fused-ring (bicyclic) bond motifs is 1. The molecule has 6 rings (SSSR count). The van der Waals surface area contributed by atoms with E-state index in [0.29, 0.717) is 0 Å². The van der Waals surface area contributed by atoms with Crippen LogP contribution in [0.5, 0.6) is 0 Å². The van der Waals surface area contributed by atoms with Crippen LogP contribution in [-0.2, 0) is 0 Å². The van der Waals surface area contributed by atoms with Crippen LogP contribution in [0.15, 0.2) is 77.4 Å². The van der Waals surface area contributed by atoms with Crippen molar-refractivity contribution in [2.75, 3.05) is 0 Å². The molecule has 0 radical (unpaired) electrons. The number of allylic oxidation sites excluding steroid dienone is 5. The summed E-state index contributed by atoms with van der Waals surface area (Å²) in [5.41, 5.74) is 7.47. The van der Waals surface area contributed by atoms with Crippen molar-refractivity contribution in [3.05, 3.63) is 95.5 Å². The van der Waals surface area contributed by atoms with Gasteiger partial charge in [-0.1, -0.05) is 30.4 Å². The van der Waals surface area contributed by atoms with Crippen molar-refractivity contribution in [3.8, 4) is 0 Å². The van der Waals surface area contributed by atoms with Crippen molar-refractivity contribution in [3.63, 3.8) is 0 Å². The Morgan fingerprint density at radius 2 is 1.62 bits per heavy atom. The molecule has 0 aliphatic heterocycles. The minimum absolute atomic E-state index is 0.129. The van der Waals surface area contributed by atoms with E-state index in [4.69, 9.17) is 4.42 Å². The average Bonchev–Trinajstić information content (AvgIpc) is 3.06. The van der Waals surface area contributed by atoms with Gasteiger partial charge in [-0.25, -0.2) is 0 Å². The van der Waals surface area contributed by atoms with E-state index in [1.54, 1.807) is 12.4 Å². The van der Waals surface area contributed by atoms with Gasteiger partial charge in [-0.05, 0) is 35.8 Å². The topological polar surface area (TPSA) is 38.9 Å². The van der Waals surface area contributed by atoms with E-state index in [2.05, 4.69) is 41.7 Å². The van der Waals surface area contributed by atoms with E-state index >= 15 is 0 Å². The van der Waals surface area contributed by atoms with Crippen LogP contribution >= 0.6 is 0 Å². The third-order valence-electron chi connectivity index (χ3n) is 5.22. The first-order valence-electron chi connectivity index (χ1n) is 8.10. The van der Waals surface area contributed by atoms with Crippen molar-refractivity contribution in [2.24, 2.45) is 0 Å². The lowest BCUT2D eigenvalue weighted by Gasteiger charge is -2.40. The van der Waals surface area contributed by atoms with Crippen molar-refractivity contribution >= 4 is 10.8 Å². The van der Waals surface area contributed by atoms with E-state index in [-0.39, 0.29) is 11.8 Å². The first kappa shape index (κ1) is 13.5. The Labute approximate surface area is 140 Å². The smallest absolute Gasteiger partial charge is 0.0981 e. The van der Waals surface area contributed by atoms with Crippen LogP contribution in [0.1, 0.15) is 41.3 Å². The maximum absolute atomic E-state index is 5.40. The zero-order valence-electron chi connectivity index (χ0n) is 13.4. The lowest BCUT2D eigenvalue weighted by molar-refractivity contribution is 0.572. The number of hydrogen-bond acceptors (Lipinski definition) is 3. The highest BCUT2D eigenvalue weighted by Crippen LogP contribution is 2.55. The molecule has 3 aromatic rings. The molecule has 0 saturated carbocycles. The monoisotopic (exact) mass is 312 g/mol. The van der Waals surface area contributed by atoms with Crippen LogP contribution in [0, 0.1) is 0 Å². The van der Waals surface area contributed by atoms with Crippen molar-refractivity contribution in [2.45, 2.75) is 18.8 Å². The zero-order chi connectivity index (χ0) is 16.3. The molecule has 0 N–H and O–H groups in total. The SMILES string of the molecule is C=C/C=C\C1=C(C)C2c3cc4cocc4cc3C1c1nccnc12. The molecule has 3 aliphatic carbocycles. The zero-order valence-corrected chi connectivity index (χ0v) is 13.4. The maximum Gasteiger partial charge on any atom is 0.0981 e. The number of furan rings is 1. The molecular weight excluding hydrogens is 296 g/mol. The van der Waals surface area contributed by atoms with Crippen molar-refractivity contribution in [1.29, 1.82) is 0 Å². The maximum atomic E-state index is 5.40. The van der Waals surface area contributed by atoms with Gasteiger partial charge in [0.05, 0.1) is 29.8 Å². The molecule has 116 valence electrons. The van der Waals surface area contributed by atoms with Crippen LogP contribution in [-0.4, -0.2) is 9.97 Å². The molecule has 0 spiro atoms. The molecule has 3 nitrogen and oxygen atoms in total. The van der Waals surface area contributed by atoms with Crippen molar-refractivity contribution < 1.29 is 4.42 Å². The van der Waals surface area contributed by atoms with Gasteiger partial charge >= 0.3 is 0 Å². The van der Waals surface area contributed by atoms with Gasteiger partial charge in [-0.15, -0.1) is 0 Å². The predicted octanol–water partition coefficient (Wildman–Crippen LogP) is 4.87. The molecule has 0 fully saturated rings. The van der Waals surface area contributed by atoms with Gasteiger partial charge in [0.2, 0.25) is 0 Å². The second kappa shape index (κ2) is 4.78. The number of hydrogen-bond donors (Lipinski definition) is 0. The summed E-state index contributed by atoms with van der Waals surface area (Å²) in [5, 5.41) is 2.28. The van der Waals surface area contributed by atoms with E-state index in [1.165, 1.54) is 22.3 Å². The molecule has 3 aliphatic rings. The van der Waals surface area contributed by atoms with Crippen LogP contribution < -0.4 is 0 Å². The highest BCUT2D eigenvalue weighted by atomic mass is 16.3. The van der Waals surface area contributed by atoms with Gasteiger partial charge in [-0.2, -0.15) is 0 Å². The Bertz CT molecular complexity index is 1050.